The van der Waals surface area contributed by atoms with Gasteiger partial charge in [-0.2, -0.15) is 0 Å². The van der Waals surface area contributed by atoms with Gasteiger partial charge >= 0.3 is 0 Å². The number of nitrogens with one attached hydrogen (secondary N) is 1. The molecule has 146 valence electrons. The molecule has 4 aromatic rings. The lowest BCUT2D eigenvalue weighted by atomic mass is 10.2. The second kappa shape index (κ2) is 7.63. The van der Waals surface area contributed by atoms with Gasteiger partial charge in [-0.15, -0.1) is 5.10 Å². The van der Waals surface area contributed by atoms with Crippen molar-refractivity contribution in [2.75, 3.05) is 5.32 Å². The van der Waals surface area contributed by atoms with E-state index in [1.165, 1.54) is 27.7 Å². The number of nitrogens with zero attached hydrogens (tertiary/aromatic N) is 5. The molecule has 4 rings (SSSR count). The number of benzene rings is 2. The summed E-state index contributed by atoms with van der Waals surface area (Å²) in [5.41, 5.74) is 2.18. The van der Waals surface area contributed by atoms with Crippen LogP contribution in [0.25, 0.3) is 11.2 Å². The van der Waals surface area contributed by atoms with Crippen molar-refractivity contribution >= 4 is 22.8 Å². The summed E-state index contributed by atoms with van der Waals surface area (Å²) in [7, 11) is 0. The van der Waals surface area contributed by atoms with Crippen molar-refractivity contribution in [3.05, 3.63) is 82.2 Å². The van der Waals surface area contributed by atoms with E-state index in [4.69, 9.17) is 0 Å². The molecular formula is C20H17FN6O2. The maximum Gasteiger partial charge on any atom is 0.283 e. The minimum Gasteiger partial charge on any atom is -0.325 e. The van der Waals surface area contributed by atoms with E-state index in [0.29, 0.717) is 11.3 Å². The van der Waals surface area contributed by atoms with Crippen LogP contribution in [0.5, 0.6) is 0 Å². The van der Waals surface area contributed by atoms with Crippen LogP contribution in [-0.2, 0) is 17.9 Å². The molecule has 0 fully saturated rings. The SMILES string of the molecule is Cc1cccc(NC(=O)Cn2cnc3c(nnn3Cc3cccc(F)c3)c2=O)c1. The highest BCUT2D eigenvalue weighted by Crippen LogP contribution is 2.11. The van der Waals surface area contributed by atoms with Crippen LogP contribution in [-0.4, -0.2) is 30.5 Å². The van der Waals surface area contributed by atoms with Crippen molar-refractivity contribution in [2.24, 2.45) is 0 Å². The Morgan fingerprint density at radius 1 is 1.17 bits per heavy atom. The Hall–Kier alpha value is -3.88. The molecule has 0 atom stereocenters. The minimum absolute atomic E-state index is 0.0484. The van der Waals surface area contributed by atoms with E-state index >= 15 is 0 Å². The molecule has 0 aliphatic rings. The summed E-state index contributed by atoms with van der Waals surface area (Å²) in [6.07, 6.45) is 1.28. The number of carbonyl (C=O) groups excluding carboxylic acids is 1. The fourth-order valence-corrected chi connectivity index (χ4v) is 2.99. The largest absolute Gasteiger partial charge is 0.325 e. The summed E-state index contributed by atoms with van der Waals surface area (Å²) in [5.74, 6) is -0.715. The average molecular weight is 392 g/mol. The maximum absolute atomic E-state index is 13.4. The van der Waals surface area contributed by atoms with E-state index in [1.54, 1.807) is 18.2 Å². The molecule has 0 saturated heterocycles. The zero-order valence-corrected chi connectivity index (χ0v) is 15.5. The first-order valence-corrected chi connectivity index (χ1v) is 8.89. The number of rotatable bonds is 5. The summed E-state index contributed by atoms with van der Waals surface area (Å²) < 4.78 is 16.0. The van der Waals surface area contributed by atoms with Crippen molar-refractivity contribution < 1.29 is 9.18 Å². The predicted molar refractivity (Wildman–Crippen MR) is 105 cm³/mol. The maximum atomic E-state index is 13.4. The molecule has 0 aliphatic heterocycles. The lowest BCUT2D eigenvalue weighted by Gasteiger charge is -2.08. The van der Waals surface area contributed by atoms with Crippen molar-refractivity contribution in [1.29, 1.82) is 0 Å². The molecule has 2 aromatic heterocycles. The number of aromatic nitrogens is 5. The predicted octanol–water partition coefficient (Wildman–Crippen LogP) is 2.12. The lowest BCUT2D eigenvalue weighted by molar-refractivity contribution is -0.116. The smallest absolute Gasteiger partial charge is 0.283 e. The van der Waals surface area contributed by atoms with Gasteiger partial charge in [-0.05, 0) is 42.3 Å². The highest BCUT2D eigenvalue weighted by Gasteiger charge is 2.14. The van der Waals surface area contributed by atoms with Gasteiger partial charge < -0.3 is 5.32 Å². The monoisotopic (exact) mass is 392 g/mol. The van der Waals surface area contributed by atoms with Gasteiger partial charge in [-0.25, -0.2) is 14.1 Å². The van der Waals surface area contributed by atoms with Gasteiger partial charge in [0.15, 0.2) is 11.2 Å². The van der Waals surface area contributed by atoms with Gasteiger partial charge in [0.1, 0.15) is 18.7 Å². The summed E-state index contributed by atoms with van der Waals surface area (Å²) in [6, 6.07) is 13.4. The first kappa shape index (κ1) is 18.5. The van der Waals surface area contributed by atoms with Crippen molar-refractivity contribution in [3.8, 4) is 0 Å². The highest BCUT2D eigenvalue weighted by molar-refractivity contribution is 5.90. The molecule has 29 heavy (non-hydrogen) atoms. The fraction of sp³-hybridized carbons (Fsp3) is 0.150. The van der Waals surface area contributed by atoms with E-state index in [0.717, 1.165) is 5.56 Å². The Balaban J connectivity index is 1.55. The zero-order valence-electron chi connectivity index (χ0n) is 15.5. The van der Waals surface area contributed by atoms with Crippen LogP contribution in [0, 0.1) is 12.7 Å². The number of hydrogen-bond acceptors (Lipinski definition) is 5. The van der Waals surface area contributed by atoms with Crippen LogP contribution in [0.3, 0.4) is 0 Å². The molecule has 2 heterocycles. The van der Waals surface area contributed by atoms with Crippen LogP contribution in [0.2, 0.25) is 0 Å². The summed E-state index contributed by atoms with van der Waals surface area (Å²) >= 11 is 0. The first-order valence-electron chi connectivity index (χ1n) is 8.89. The molecule has 1 amide bonds. The Bertz CT molecular complexity index is 1260. The van der Waals surface area contributed by atoms with Gasteiger partial charge in [0.25, 0.3) is 5.56 Å². The summed E-state index contributed by atoms with van der Waals surface area (Å²) in [6.45, 7) is 1.94. The molecule has 0 aliphatic carbocycles. The molecule has 2 aromatic carbocycles. The molecule has 1 N–H and O–H groups in total. The fourth-order valence-electron chi connectivity index (χ4n) is 2.99. The van der Waals surface area contributed by atoms with Gasteiger partial charge in [0, 0.05) is 5.69 Å². The van der Waals surface area contributed by atoms with Gasteiger partial charge in [0.05, 0.1) is 6.54 Å². The van der Waals surface area contributed by atoms with Crippen molar-refractivity contribution in [2.45, 2.75) is 20.0 Å². The normalized spacial score (nSPS) is 11.0. The van der Waals surface area contributed by atoms with Gasteiger partial charge in [-0.1, -0.05) is 29.5 Å². The van der Waals surface area contributed by atoms with Gasteiger partial charge in [-0.3, -0.25) is 14.2 Å². The van der Waals surface area contributed by atoms with E-state index in [-0.39, 0.29) is 36.0 Å². The molecule has 0 spiro atoms. The lowest BCUT2D eigenvalue weighted by Crippen LogP contribution is -2.28. The van der Waals surface area contributed by atoms with Gasteiger partial charge in [0.2, 0.25) is 5.91 Å². The van der Waals surface area contributed by atoms with E-state index < -0.39 is 5.56 Å². The van der Waals surface area contributed by atoms with Crippen LogP contribution in [0.4, 0.5) is 10.1 Å². The first-order chi connectivity index (χ1) is 14.0. The van der Waals surface area contributed by atoms with Crippen molar-refractivity contribution in [3.63, 3.8) is 0 Å². The molecule has 0 bridgehead atoms. The Labute approximate surface area is 164 Å². The van der Waals surface area contributed by atoms with Crippen LogP contribution < -0.4 is 10.9 Å². The van der Waals surface area contributed by atoms with Crippen LogP contribution in [0.1, 0.15) is 11.1 Å². The number of amides is 1. The zero-order chi connectivity index (χ0) is 20.4. The third kappa shape index (κ3) is 4.03. The number of carbonyl (C=O) groups is 1. The average Bonchev–Trinajstić information content (AvgIpc) is 3.07. The van der Waals surface area contributed by atoms with E-state index in [9.17, 15) is 14.0 Å². The van der Waals surface area contributed by atoms with E-state index in [2.05, 4.69) is 20.6 Å². The Morgan fingerprint density at radius 3 is 2.79 bits per heavy atom. The quantitative estimate of drug-likeness (QED) is 0.561. The summed E-state index contributed by atoms with van der Waals surface area (Å²) in [4.78, 5) is 29.2. The second-order valence-electron chi connectivity index (χ2n) is 6.64. The number of halogens is 1. The molecule has 9 heteroatoms. The third-order valence-corrected chi connectivity index (χ3v) is 4.33. The summed E-state index contributed by atoms with van der Waals surface area (Å²) in [5, 5.41) is 10.6. The standard InChI is InChI=1S/C20H17FN6O2/c1-13-4-2-7-16(8-13)23-17(28)11-26-12-22-19-18(20(26)29)24-25-27(19)10-14-5-3-6-15(21)9-14/h2-9,12H,10-11H2,1H3,(H,23,28). The molecule has 0 saturated carbocycles. The number of hydrogen-bond donors (Lipinski definition) is 1. The Kier molecular flexibility index (Phi) is 4.86. The third-order valence-electron chi connectivity index (χ3n) is 4.33. The second-order valence-corrected chi connectivity index (χ2v) is 6.64. The van der Waals surface area contributed by atoms with Crippen LogP contribution in [0.15, 0.2) is 59.7 Å². The number of anilines is 1. The van der Waals surface area contributed by atoms with Crippen LogP contribution >= 0.6 is 0 Å². The topological polar surface area (TPSA) is 94.7 Å². The van der Waals surface area contributed by atoms with E-state index in [1.807, 2.05) is 25.1 Å². The Morgan fingerprint density at radius 2 is 2.00 bits per heavy atom. The number of aryl methyl sites for hydroxylation is 1. The molecule has 0 radical (unpaired) electrons. The molecule has 0 unspecified atom stereocenters. The highest BCUT2D eigenvalue weighted by atomic mass is 19.1. The van der Waals surface area contributed by atoms with Crippen molar-refractivity contribution in [1.82, 2.24) is 24.5 Å². The molecule has 8 nitrogen and oxygen atoms in total. The molecular weight excluding hydrogens is 375 g/mol. The minimum atomic E-state index is -0.472. The number of fused-ring (bicyclic) bond motifs is 1.